The Bertz CT molecular complexity index is 1630. The molecule has 1 amide bonds. The maximum atomic E-state index is 12.9. The Morgan fingerprint density at radius 2 is 1.74 bits per heavy atom. The van der Waals surface area contributed by atoms with Gasteiger partial charge in [-0.2, -0.15) is 0 Å². The van der Waals surface area contributed by atoms with Crippen LogP contribution >= 0.6 is 11.3 Å². The number of hydrogen-bond acceptors (Lipinski definition) is 6. The van der Waals surface area contributed by atoms with E-state index in [2.05, 4.69) is 15.0 Å². The second kappa shape index (κ2) is 8.77. The molecule has 0 aliphatic heterocycles. The minimum Gasteiger partial charge on any atom is -0.497 e. The van der Waals surface area contributed by atoms with E-state index in [-0.39, 0.29) is 16.5 Å². The molecule has 170 valence electrons. The number of thiazole rings is 1. The maximum Gasteiger partial charge on any atom is 0.261 e. The zero-order valence-corrected chi connectivity index (χ0v) is 19.6. The standard InChI is InChI=1S/C25H19N3O4S2/c1-32-19-10-12-20(13-11-19)34(30,31)28-18-7-4-6-17(15-18)24(29)27-25-26-22-14-9-16-5-2-3-8-21(16)23(22)33-25/h2-15,28H,1H3,(H,26,27,29). The van der Waals surface area contributed by atoms with Gasteiger partial charge in [-0.05, 0) is 53.9 Å². The Hall–Kier alpha value is -3.95. The van der Waals surface area contributed by atoms with Crippen molar-refractivity contribution in [3.8, 4) is 5.75 Å². The fourth-order valence-electron chi connectivity index (χ4n) is 3.57. The van der Waals surface area contributed by atoms with Gasteiger partial charge >= 0.3 is 0 Å². The number of nitrogens with zero attached hydrogens (tertiary/aromatic N) is 1. The topological polar surface area (TPSA) is 97.4 Å². The van der Waals surface area contributed by atoms with E-state index in [0.717, 1.165) is 21.0 Å². The Morgan fingerprint density at radius 1 is 0.941 bits per heavy atom. The van der Waals surface area contributed by atoms with Crippen molar-refractivity contribution in [2.75, 3.05) is 17.1 Å². The van der Waals surface area contributed by atoms with Gasteiger partial charge in [-0.3, -0.25) is 14.8 Å². The third-order valence-corrected chi connectivity index (χ3v) is 7.66. The number of methoxy groups -OCH3 is 1. The number of anilines is 2. The van der Waals surface area contributed by atoms with Gasteiger partial charge in [-0.25, -0.2) is 13.4 Å². The second-order valence-electron chi connectivity index (χ2n) is 7.47. The van der Waals surface area contributed by atoms with Gasteiger partial charge in [-0.1, -0.05) is 47.7 Å². The molecule has 0 unspecified atom stereocenters. The van der Waals surface area contributed by atoms with Gasteiger partial charge in [0.25, 0.3) is 15.9 Å². The normalized spacial score (nSPS) is 11.4. The molecular formula is C25H19N3O4S2. The minimum absolute atomic E-state index is 0.0878. The molecule has 0 bridgehead atoms. The number of rotatable bonds is 6. The molecule has 9 heteroatoms. The highest BCUT2D eigenvalue weighted by Crippen LogP contribution is 2.33. The SMILES string of the molecule is COc1ccc(S(=O)(=O)Nc2cccc(C(=O)Nc3nc4ccc5ccccc5c4s3)c2)cc1. The largest absolute Gasteiger partial charge is 0.497 e. The van der Waals surface area contributed by atoms with Crippen molar-refractivity contribution < 1.29 is 17.9 Å². The van der Waals surface area contributed by atoms with Gasteiger partial charge in [0.15, 0.2) is 5.13 Å². The molecular weight excluding hydrogens is 470 g/mol. The van der Waals surface area contributed by atoms with Crippen molar-refractivity contribution in [1.29, 1.82) is 0 Å². The van der Waals surface area contributed by atoms with Crippen molar-refractivity contribution in [2.24, 2.45) is 0 Å². The molecule has 0 saturated heterocycles. The predicted molar refractivity (Wildman–Crippen MR) is 135 cm³/mol. The molecule has 0 fully saturated rings. The average molecular weight is 490 g/mol. The van der Waals surface area contributed by atoms with E-state index in [1.165, 1.54) is 36.6 Å². The van der Waals surface area contributed by atoms with Crippen LogP contribution in [0.2, 0.25) is 0 Å². The van der Waals surface area contributed by atoms with Crippen LogP contribution in [0.4, 0.5) is 10.8 Å². The summed E-state index contributed by atoms with van der Waals surface area (Å²) in [7, 11) is -2.32. The zero-order valence-electron chi connectivity index (χ0n) is 18.0. The lowest BCUT2D eigenvalue weighted by Crippen LogP contribution is -2.15. The molecule has 7 nitrogen and oxygen atoms in total. The fraction of sp³-hybridized carbons (Fsp3) is 0.0400. The van der Waals surface area contributed by atoms with Crippen molar-refractivity contribution in [2.45, 2.75) is 4.90 Å². The molecule has 0 saturated carbocycles. The van der Waals surface area contributed by atoms with E-state index < -0.39 is 10.0 Å². The zero-order chi connectivity index (χ0) is 23.7. The summed E-state index contributed by atoms with van der Waals surface area (Å²) in [6.07, 6.45) is 0. The molecule has 4 aromatic carbocycles. The van der Waals surface area contributed by atoms with Crippen LogP contribution in [0, 0.1) is 0 Å². The first-order valence-electron chi connectivity index (χ1n) is 10.3. The molecule has 2 N–H and O–H groups in total. The lowest BCUT2D eigenvalue weighted by Gasteiger charge is -2.10. The number of aromatic nitrogens is 1. The molecule has 0 atom stereocenters. The Labute approximate surface area is 200 Å². The molecule has 1 aromatic heterocycles. The monoisotopic (exact) mass is 489 g/mol. The Kier molecular flexibility index (Phi) is 5.64. The average Bonchev–Trinajstić information content (AvgIpc) is 3.27. The van der Waals surface area contributed by atoms with Crippen molar-refractivity contribution >= 4 is 59.1 Å². The van der Waals surface area contributed by atoms with E-state index in [1.807, 2.05) is 36.4 Å². The molecule has 1 heterocycles. The lowest BCUT2D eigenvalue weighted by atomic mass is 10.1. The first-order valence-corrected chi connectivity index (χ1v) is 12.6. The number of hydrogen-bond donors (Lipinski definition) is 2. The number of benzene rings is 4. The van der Waals surface area contributed by atoms with Gasteiger partial charge in [0, 0.05) is 16.6 Å². The van der Waals surface area contributed by atoms with Crippen molar-refractivity contribution in [1.82, 2.24) is 4.98 Å². The van der Waals surface area contributed by atoms with E-state index >= 15 is 0 Å². The lowest BCUT2D eigenvalue weighted by molar-refractivity contribution is 0.102. The summed E-state index contributed by atoms with van der Waals surface area (Å²) in [4.78, 5) is 17.5. The first-order chi connectivity index (χ1) is 16.4. The van der Waals surface area contributed by atoms with Crippen molar-refractivity contribution in [3.63, 3.8) is 0 Å². The molecule has 5 rings (SSSR count). The molecule has 0 radical (unpaired) electrons. The van der Waals surface area contributed by atoms with E-state index in [9.17, 15) is 13.2 Å². The molecule has 0 spiro atoms. The van der Waals surface area contributed by atoms with Crippen LogP contribution in [-0.4, -0.2) is 26.4 Å². The minimum atomic E-state index is -3.83. The van der Waals surface area contributed by atoms with Gasteiger partial charge in [0.1, 0.15) is 5.75 Å². The predicted octanol–water partition coefficient (Wildman–Crippen LogP) is 5.51. The maximum absolute atomic E-state index is 12.9. The molecule has 5 aromatic rings. The van der Waals surface area contributed by atoms with E-state index in [4.69, 9.17) is 4.74 Å². The summed E-state index contributed by atoms with van der Waals surface area (Å²) in [5.74, 6) is 0.175. The number of nitrogens with one attached hydrogen (secondary N) is 2. The van der Waals surface area contributed by atoms with Crippen LogP contribution in [0.25, 0.3) is 21.0 Å². The van der Waals surface area contributed by atoms with Crippen LogP contribution in [0.1, 0.15) is 10.4 Å². The Morgan fingerprint density at radius 3 is 2.53 bits per heavy atom. The van der Waals surface area contributed by atoms with Crippen LogP contribution in [-0.2, 0) is 10.0 Å². The van der Waals surface area contributed by atoms with Crippen LogP contribution < -0.4 is 14.8 Å². The summed E-state index contributed by atoms with van der Waals surface area (Å²) in [6, 6.07) is 24.3. The van der Waals surface area contributed by atoms with Gasteiger partial charge in [0.2, 0.25) is 0 Å². The fourth-order valence-corrected chi connectivity index (χ4v) is 5.62. The summed E-state index contributed by atoms with van der Waals surface area (Å²) in [5, 5.41) is 5.48. The number of carbonyl (C=O) groups is 1. The van der Waals surface area contributed by atoms with Gasteiger partial charge < -0.3 is 4.74 Å². The first kappa shape index (κ1) is 21.9. The van der Waals surface area contributed by atoms with Gasteiger partial charge in [0.05, 0.1) is 22.2 Å². The summed E-state index contributed by atoms with van der Waals surface area (Å²) >= 11 is 1.40. The van der Waals surface area contributed by atoms with Crippen LogP contribution in [0.3, 0.4) is 0 Å². The molecule has 34 heavy (non-hydrogen) atoms. The number of amides is 1. The highest BCUT2D eigenvalue weighted by atomic mass is 32.2. The van der Waals surface area contributed by atoms with Gasteiger partial charge in [-0.15, -0.1) is 0 Å². The summed E-state index contributed by atoms with van der Waals surface area (Å²) in [5.41, 5.74) is 1.39. The highest BCUT2D eigenvalue weighted by molar-refractivity contribution is 7.92. The quantitative estimate of drug-likeness (QED) is 0.328. The molecule has 0 aliphatic rings. The number of fused-ring (bicyclic) bond motifs is 3. The highest BCUT2D eigenvalue weighted by Gasteiger charge is 2.16. The second-order valence-corrected chi connectivity index (χ2v) is 10.2. The number of ether oxygens (including phenoxy) is 1. The van der Waals surface area contributed by atoms with E-state index in [1.54, 1.807) is 30.3 Å². The molecule has 0 aliphatic carbocycles. The summed E-state index contributed by atoms with van der Waals surface area (Å²) < 4.78 is 34.0. The van der Waals surface area contributed by atoms with E-state index in [0.29, 0.717) is 16.4 Å². The third kappa shape index (κ3) is 4.30. The smallest absolute Gasteiger partial charge is 0.261 e. The van der Waals surface area contributed by atoms with Crippen LogP contribution in [0.15, 0.2) is 89.8 Å². The third-order valence-electron chi connectivity index (χ3n) is 5.25. The van der Waals surface area contributed by atoms with Crippen molar-refractivity contribution in [3.05, 3.63) is 90.5 Å². The number of sulfonamides is 1. The number of carbonyl (C=O) groups excluding carboxylic acids is 1. The van der Waals surface area contributed by atoms with Crippen LogP contribution in [0.5, 0.6) is 5.75 Å². The summed E-state index contributed by atoms with van der Waals surface area (Å²) in [6.45, 7) is 0. The Balaban J connectivity index is 1.36.